The van der Waals surface area contributed by atoms with Crippen molar-refractivity contribution in [2.75, 3.05) is 19.0 Å². The van der Waals surface area contributed by atoms with E-state index < -0.39 is 17.6 Å². The van der Waals surface area contributed by atoms with Crippen molar-refractivity contribution in [3.63, 3.8) is 0 Å². The third-order valence-corrected chi connectivity index (χ3v) is 3.39. The van der Waals surface area contributed by atoms with E-state index in [1.807, 2.05) is 6.92 Å². The lowest BCUT2D eigenvalue weighted by Crippen LogP contribution is -2.13. The first kappa shape index (κ1) is 18.8. The van der Waals surface area contributed by atoms with Crippen molar-refractivity contribution in [1.29, 1.82) is 0 Å². The summed E-state index contributed by atoms with van der Waals surface area (Å²) in [7, 11) is 1.55. The Labute approximate surface area is 144 Å². The molecule has 0 aliphatic rings. The van der Waals surface area contributed by atoms with Gasteiger partial charge in [0.1, 0.15) is 11.3 Å². The van der Waals surface area contributed by atoms with Crippen LogP contribution in [0.1, 0.15) is 31.7 Å². The Morgan fingerprint density at radius 2 is 1.84 bits per heavy atom. The molecular formula is C17H20F3N3O2. The summed E-state index contributed by atoms with van der Waals surface area (Å²) < 4.78 is 49.5. The van der Waals surface area contributed by atoms with Crippen LogP contribution < -0.4 is 14.8 Å². The normalized spacial score (nSPS) is 11.2. The largest absolute Gasteiger partial charge is 0.497 e. The highest BCUT2D eigenvalue weighted by molar-refractivity contribution is 5.55. The van der Waals surface area contributed by atoms with Crippen LogP contribution in [0, 0.1) is 0 Å². The summed E-state index contributed by atoms with van der Waals surface area (Å²) >= 11 is 0. The van der Waals surface area contributed by atoms with E-state index in [4.69, 9.17) is 9.47 Å². The van der Waals surface area contributed by atoms with Gasteiger partial charge in [0.15, 0.2) is 0 Å². The maximum absolute atomic E-state index is 13.1. The summed E-state index contributed by atoms with van der Waals surface area (Å²) in [5.41, 5.74) is -0.359. The van der Waals surface area contributed by atoms with Crippen LogP contribution in [0.15, 0.2) is 30.5 Å². The Bertz CT molecular complexity index is 676. The predicted octanol–water partition coefficient (Wildman–Crippen LogP) is 4.82. The van der Waals surface area contributed by atoms with Crippen molar-refractivity contribution < 1.29 is 22.6 Å². The molecule has 0 unspecified atom stereocenters. The third kappa shape index (κ3) is 5.51. The molecule has 2 rings (SSSR count). The van der Waals surface area contributed by atoms with Gasteiger partial charge in [-0.25, -0.2) is 4.98 Å². The Balaban J connectivity index is 2.17. The lowest BCUT2D eigenvalue weighted by molar-refractivity contribution is -0.139. The molecule has 0 saturated carbocycles. The molecule has 0 radical (unpaired) electrons. The topological polar surface area (TPSA) is 56.3 Å². The van der Waals surface area contributed by atoms with Crippen molar-refractivity contribution in [1.82, 2.24) is 9.97 Å². The van der Waals surface area contributed by atoms with Gasteiger partial charge in [-0.05, 0) is 30.7 Å². The molecule has 8 heteroatoms. The van der Waals surface area contributed by atoms with Crippen LogP contribution in [-0.4, -0.2) is 23.7 Å². The molecule has 136 valence electrons. The van der Waals surface area contributed by atoms with Crippen LogP contribution in [0.3, 0.4) is 0 Å². The number of nitrogens with zero attached hydrogens (tertiary/aromatic N) is 2. The highest BCUT2D eigenvalue weighted by atomic mass is 19.4. The van der Waals surface area contributed by atoms with Crippen LogP contribution in [0.5, 0.6) is 11.6 Å². The molecule has 0 aliphatic heterocycles. The quantitative estimate of drug-likeness (QED) is 0.688. The van der Waals surface area contributed by atoms with E-state index in [-0.39, 0.29) is 12.6 Å². The summed E-state index contributed by atoms with van der Waals surface area (Å²) in [6.07, 6.45) is -1.35. The number of hydrogen-bond donors (Lipinski definition) is 1. The van der Waals surface area contributed by atoms with Crippen LogP contribution in [0.4, 0.5) is 24.8 Å². The molecule has 0 spiro atoms. The van der Waals surface area contributed by atoms with E-state index in [1.54, 1.807) is 31.4 Å². The van der Waals surface area contributed by atoms with Crippen molar-refractivity contribution in [2.45, 2.75) is 32.4 Å². The van der Waals surface area contributed by atoms with Crippen molar-refractivity contribution in [3.05, 3.63) is 36.0 Å². The second kappa shape index (κ2) is 8.55. The molecule has 1 aromatic carbocycles. The van der Waals surface area contributed by atoms with Crippen LogP contribution in [0.25, 0.3) is 0 Å². The average Bonchev–Trinajstić information content (AvgIpc) is 2.58. The second-order valence-electron chi connectivity index (χ2n) is 5.32. The van der Waals surface area contributed by atoms with Crippen LogP contribution in [-0.2, 0) is 6.18 Å². The van der Waals surface area contributed by atoms with Crippen LogP contribution >= 0.6 is 0 Å². The van der Waals surface area contributed by atoms with Gasteiger partial charge >= 0.3 is 6.18 Å². The van der Waals surface area contributed by atoms with E-state index in [0.717, 1.165) is 19.0 Å². The van der Waals surface area contributed by atoms with Gasteiger partial charge in [0.05, 0.1) is 13.7 Å². The van der Waals surface area contributed by atoms with Gasteiger partial charge in [0, 0.05) is 11.9 Å². The Hall–Kier alpha value is -2.51. The van der Waals surface area contributed by atoms with Crippen molar-refractivity contribution >= 4 is 11.6 Å². The molecule has 0 aliphatic carbocycles. The Morgan fingerprint density at radius 3 is 2.44 bits per heavy atom. The molecule has 0 fully saturated rings. The zero-order valence-electron chi connectivity index (χ0n) is 14.1. The minimum atomic E-state index is -4.57. The molecular weight excluding hydrogens is 335 g/mol. The molecule has 0 saturated heterocycles. The fourth-order valence-electron chi connectivity index (χ4n) is 2.06. The van der Waals surface area contributed by atoms with E-state index in [1.165, 1.54) is 0 Å². The van der Waals surface area contributed by atoms with Gasteiger partial charge < -0.3 is 14.8 Å². The maximum Gasteiger partial charge on any atom is 0.423 e. The maximum atomic E-state index is 13.1. The highest BCUT2D eigenvalue weighted by Crippen LogP contribution is 2.35. The Kier molecular flexibility index (Phi) is 6.44. The number of anilines is 2. The molecule has 1 aromatic heterocycles. The van der Waals surface area contributed by atoms with Gasteiger partial charge in [-0.15, -0.1) is 0 Å². The lowest BCUT2D eigenvalue weighted by atomic mass is 10.2. The summed E-state index contributed by atoms with van der Waals surface area (Å²) in [4.78, 5) is 7.61. The molecule has 0 bridgehead atoms. The fraction of sp³-hybridized carbons (Fsp3) is 0.412. The number of rotatable bonds is 8. The van der Waals surface area contributed by atoms with Crippen LogP contribution in [0.2, 0.25) is 0 Å². The summed E-state index contributed by atoms with van der Waals surface area (Å²) in [6, 6.07) is 6.85. The fourth-order valence-corrected chi connectivity index (χ4v) is 2.06. The number of methoxy groups -OCH3 is 1. The molecule has 1 N–H and O–H groups in total. The molecule has 0 amide bonds. The SMILES string of the molecule is CCCCCOc1nc(Nc2ccc(OC)cc2)ncc1C(F)(F)F. The molecule has 2 aromatic rings. The molecule has 25 heavy (non-hydrogen) atoms. The predicted molar refractivity (Wildman–Crippen MR) is 88.3 cm³/mol. The van der Waals surface area contributed by atoms with E-state index in [2.05, 4.69) is 15.3 Å². The van der Waals surface area contributed by atoms with Gasteiger partial charge in [0.25, 0.3) is 0 Å². The number of nitrogens with one attached hydrogen (secondary N) is 1. The smallest absolute Gasteiger partial charge is 0.423 e. The molecule has 5 nitrogen and oxygen atoms in total. The first-order chi connectivity index (χ1) is 11.9. The van der Waals surface area contributed by atoms with Crippen molar-refractivity contribution in [3.8, 4) is 11.6 Å². The number of alkyl halides is 3. The van der Waals surface area contributed by atoms with Gasteiger partial charge in [-0.3, -0.25) is 0 Å². The zero-order valence-corrected chi connectivity index (χ0v) is 14.1. The molecule has 1 heterocycles. The summed E-state index contributed by atoms with van der Waals surface area (Å²) in [5.74, 6) is 0.233. The number of benzene rings is 1. The van der Waals surface area contributed by atoms with E-state index in [9.17, 15) is 13.2 Å². The van der Waals surface area contributed by atoms with Gasteiger partial charge in [-0.2, -0.15) is 18.2 Å². The number of ether oxygens (including phenoxy) is 2. The molecule has 0 atom stereocenters. The number of halogens is 3. The zero-order chi connectivity index (χ0) is 18.3. The minimum Gasteiger partial charge on any atom is -0.497 e. The second-order valence-corrected chi connectivity index (χ2v) is 5.32. The lowest BCUT2D eigenvalue weighted by Gasteiger charge is -2.14. The first-order valence-electron chi connectivity index (χ1n) is 7.92. The van der Waals surface area contributed by atoms with Gasteiger partial charge in [-0.1, -0.05) is 19.8 Å². The highest BCUT2D eigenvalue weighted by Gasteiger charge is 2.36. The third-order valence-electron chi connectivity index (χ3n) is 3.39. The number of unbranched alkanes of at least 4 members (excludes halogenated alkanes) is 2. The average molecular weight is 355 g/mol. The summed E-state index contributed by atoms with van der Waals surface area (Å²) in [5, 5.41) is 2.85. The standard InChI is InChI=1S/C17H20F3N3O2/c1-3-4-5-10-25-15-14(17(18,19)20)11-21-16(23-15)22-12-6-8-13(24-2)9-7-12/h6-9,11H,3-5,10H2,1-2H3,(H,21,22,23). The minimum absolute atomic E-state index is 0.0312. The Morgan fingerprint density at radius 1 is 1.12 bits per heavy atom. The monoisotopic (exact) mass is 355 g/mol. The van der Waals surface area contributed by atoms with E-state index >= 15 is 0 Å². The summed E-state index contributed by atoms with van der Waals surface area (Å²) in [6.45, 7) is 2.18. The van der Waals surface area contributed by atoms with E-state index in [0.29, 0.717) is 17.9 Å². The number of aromatic nitrogens is 2. The van der Waals surface area contributed by atoms with Crippen molar-refractivity contribution in [2.24, 2.45) is 0 Å². The number of hydrogen-bond acceptors (Lipinski definition) is 5. The van der Waals surface area contributed by atoms with Gasteiger partial charge in [0.2, 0.25) is 11.8 Å². The first-order valence-corrected chi connectivity index (χ1v) is 7.92.